The third kappa shape index (κ3) is 3.78. The molecule has 2 bridgehead atoms. The number of ether oxygens (including phenoxy) is 2. The second-order valence-electron chi connectivity index (χ2n) is 7.65. The molecule has 0 spiro atoms. The summed E-state index contributed by atoms with van der Waals surface area (Å²) in [6.07, 6.45) is -3.95. The van der Waals surface area contributed by atoms with Crippen molar-refractivity contribution >= 4 is 31.6 Å². The maximum absolute atomic E-state index is 12.8. The van der Waals surface area contributed by atoms with Gasteiger partial charge < -0.3 is 9.47 Å². The summed E-state index contributed by atoms with van der Waals surface area (Å²) in [4.78, 5) is 24.2. The third-order valence-electron chi connectivity index (χ3n) is 5.74. The van der Waals surface area contributed by atoms with Gasteiger partial charge in [-0.3, -0.25) is 26.4 Å². The Labute approximate surface area is 172 Å². The van der Waals surface area contributed by atoms with Crippen molar-refractivity contribution in [3.8, 4) is 0 Å². The van der Waals surface area contributed by atoms with Crippen LogP contribution < -0.4 is 0 Å². The fourth-order valence-corrected chi connectivity index (χ4v) is 7.60. The van der Waals surface area contributed by atoms with Crippen molar-refractivity contribution in [3.63, 3.8) is 0 Å². The SMILES string of the molecule is CC(C[C-](S(=O)(=O)C(F)(F)F)S(=O)(=O)C(F)(F)F)OC(=O)C1C2CC3C(=O)OC1C3C2. The van der Waals surface area contributed by atoms with Gasteiger partial charge in [-0.05, 0) is 25.7 Å². The van der Waals surface area contributed by atoms with Gasteiger partial charge in [-0.25, -0.2) is 0 Å². The number of esters is 2. The largest absolute Gasteiger partial charge is 0.469 e. The van der Waals surface area contributed by atoms with E-state index in [1.807, 2.05) is 0 Å². The lowest BCUT2D eigenvalue weighted by Crippen LogP contribution is -2.42. The van der Waals surface area contributed by atoms with Crippen LogP contribution in [0.15, 0.2) is 0 Å². The molecular weight excluding hydrogens is 486 g/mol. The molecule has 8 nitrogen and oxygen atoms in total. The number of carbonyl (C=O) groups is 2. The lowest BCUT2D eigenvalue weighted by molar-refractivity contribution is -0.160. The maximum atomic E-state index is 12.8. The summed E-state index contributed by atoms with van der Waals surface area (Å²) >= 11 is 0. The van der Waals surface area contributed by atoms with Crippen LogP contribution in [0.3, 0.4) is 0 Å². The van der Waals surface area contributed by atoms with Crippen LogP contribution in [0.4, 0.5) is 26.3 Å². The van der Waals surface area contributed by atoms with E-state index >= 15 is 0 Å². The van der Waals surface area contributed by atoms with Gasteiger partial charge in [-0.15, -0.1) is 6.42 Å². The van der Waals surface area contributed by atoms with Crippen LogP contribution in [0.5, 0.6) is 0 Å². The van der Waals surface area contributed by atoms with Crippen LogP contribution >= 0.6 is 0 Å². The lowest BCUT2D eigenvalue weighted by atomic mass is 9.82. The third-order valence-corrected chi connectivity index (χ3v) is 9.81. The minimum Gasteiger partial charge on any atom is -0.465 e. The Balaban J connectivity index is 1.79. The van der Waals surface area contributed by atoms with Gasteiger partial charge in [0.15, 0.2) is 0 Å². The molecule has 178 valence electrons. The average Bonchev–Trinajstić information content (AvgIpc) is 3.19. The molecule has 3 fully saturated rings. The van der Waals surface area contributed by atoms with Gasteiger partial charge in [-0.2, -0.15) is 26.3 Å². The second kappa shape index (κ2) is 7.22. The van der Waals surface area contributed by atoms with E-state index in [-0.39, 0.29) is 17.8 Å². The summed E-state index contributed by atoms with van der Waals surface area (Å²) in [6.45, 7) is 0.756. The van der Waals surface area contributed by atoms with E-state index in [9.17, 15) is 52.8 Å². The molecule has 6 atom stereocenters. The monoisotopic (exact) mass is 501 g/mol. The van der Waals surface area contributed by atoms with E-state index in [0.717, 1.165) is 6.92 Å². The Morgan fingerprint density at radius 3 is 2.10 bits per heavy atom. The topological polar surface area (TPSA) is 121 Å². The molecule has 1 aliphatic heterocycles. The normalized spacial score (nSPS) is 31.7. The smallest absolute Gasteiger partial charge is 0.465 e. The summed E-state index contributed by atoms with van der Waals surface area (Å²) in [7, 11) is -13.8. The van der Waals surface area contributed by atoms with Crippen molar-refractivity contribution < 1.29 is 62.2 Å². The van der Waals surface area contributed by atoms with Crippen LogP contribution in [0.2, 0.25) is 0 Å². The first-order valence-corrected chi connectivity index (χ1v) is 11.8. The van der Waals surface area contributed by atoms with Gasteiger partial charge in [0.05, 0.1) is 17.9 Å². The van der Waals surface area contributed by atoms with E-state index < -0.39 is 71.8 Å². The van der Waals surface area contributed by atoms with Gasteiger partial charge in [0, 0.05) is 5.92 Å². The van der Waals surface area contributed by atoms with E-state index in [4.69, 9.17) is 9.47 Å². The molecule has 6 unspecified atom stereocenters. The van der Waals surface area contributed by atoms with E-state index in [2.05, 4.69) is 0 Å². The molecule has 0 N–H and O–H groups in total. The quantitative estimate of drug-likeness (QED) is 0.307. The highest BCUT2D eigenvalue weighted by Gasteiger charge is 2.64. The Hall–Kier alpha value is -1.58. The van der Waals surface area contributed by atoms with Crippen molar-refractivity contribution in [2.24, 2.45) is 23.7 Å². The summed E-state index contributed by atoms with van der Waals surface area (Å²) in [5, 5.41) is 0. The lowest BCUT2D eigenvalue weighted by Gasteiger charge is -2.34. The van der Waals surface area contributed by atoms with Crippen LogP contribution in [-0.2, 0) is 38.7 Å². The number of rotatable bonds is 6. The van der Waals surface area contributed by atoms with Gasteiger partial charge in [0.1, 0.15) is 25.8 Å². The van der Waals surface area contributed by atoms with Gasteiger partial charge in [-0.1, -0.05) is 4.58 Å². The first-order valence-electron chi connectivity index (χ1n) is 8.79. The molecule has 0 radical (unpaired) electrons. The highest BCUT2D eigenvalue weighted by atomic mass is 32.3. The molecule has 0 aromatic heterocycles. The van der Waals surface area contributed by atoms with Gasteiger partial charge in [0.25, 0.3) is 0 Å². The van der Waals surface area contributed by atoms with Crippen molar-refractivity contribution in [2.75, 3.05) is 0 Å². The van der Waals surface area contributed by atoms with Crippen molar-refractivity contribution in [1.82, 2.24) is 0 Å². The van der Waals surface area contributed by atoms with Gasteiger partial charge >= 0.3 is 23.0 Å². The van der Waals surface area contributed by atoms with E-state index in [1.54, 1.807) is 0 Å². The minimum absolute atomic E-state index is 0.260. The molecular formula is C15H15F6O8S2-. The number of fused-ring (bicyclic) bond motifs is 1. The summed E-state index contributed by atoms with van der Waals surface area (Å²) in [5.74, 6) is -3.64. The van der Waals surface area contributed by atoms with E-state index in [0.29, 0.717) is 12.8 Å². The molecule has 0 aromatic rings. The zero-order valence-electron chi connectivity index (χ0n) is 15.4. The first-order chi connectivity index (χ1) is 13.9. The van der Waals surface area contributed by atoms with Crippen molar-refractivity contribution in [2.45, 2.75) is 49.4 Å². The average molecular weight is 501 g/mol. The Morgan fingerprint density at radius 2 is 1.61 bits per heavy atom. The predicted octanol–water partition coefficient (Wildman–Crippen LogP) is 1.86. The van der Waals surface area contributed by atoms with Crippen LogP contribution in [-0.4, -0.2) is 52.0 Å². The van der Waals surface area contributed by atoms with Crippen molar-refractivity contribution in [1.29, 1.82) is 0 Å². The number of hydrogen-bond acceptors (Lipinski definition) is 8. The summed E-state index contributed by atoms with van der Waals surface area (Å²) in [6, 6.07) is 0. The fraction of sp³-hybridized carbons (Fsp3) is 0.800. The fourth-order valence-electron chi connectivity index (χ4n) is 4.46. The standard InChI is InChI=1S/C15H15F6O8S2/c1-5(2-9(30(24,25)14(16,17)18)31(26,27)15(19,20)21)28-13(23)10-6-3-7-8(4-6)12(22)29-11(7)10/h5-8,10-11H,2-4H2,1H3/q-1. The zero-order chi connectivity index (χ0) is 23.7. The Morgan fingerprint density at radius 1 is 1.10 bits per heavy atom. The number of hydrogen-bond donors (Lipinski definition) is 0. The molecule has 2 aliphatic carbocycles. The number of alkyl halides is 6. The molecule has 3 aliphatic rings. The molecule has 2 saturated carbocycles. The minimum atomic E-state index is -6.91. The van der Waals surface area contributed by atoms with Crippen LogP contribution in [0.25, 0.3) is 0 Å². The summed E-state index contributed by atoms with van der Waals surface area (Å²) < 4.78 is 130. The van der Waals surface area contributed by atoms with Crippen LogP contribution in [0.1, 0.15) is 26.2 Å². The predicted molar refractivity (Wildman–Crippen MR) is 86.4 cm³/mol. The molecule has 0 aromatic carbocycles. The molecule has 0 amide bonds. The second-order valence-corrected chi connectivity index (χ2v) is 11.8. The van der Waals surface area contributed by atoms with E-state index in [1.165, 1.54) is 0 Å². The first kappa shape index (κ1) is 24.1. The maximum Gasteiger partial charge on any atom is 0.469 e. The number of carbonyl (C=O) groups excluding carboxylic acids is 2. The summed E-state index contributed by atoms with van der Waals surface area (Å²) in [5.41, 5.74) is -12.7. The van der Waals surface area contributed by atoms with Crippen LogP contribution in [0, 0.1) is 28.3 Å². The molecule has 1 heterocycles. The zero-order valence-corrected chi connectivity index (χ0v) is 17.1. The van der Waals surface area contributed by atoms with Gasteiger partial charge in [0.2, 0.25) is 0 Å². The molecule has 1 saturated heterocycles. The molecule has 31 heavy (non-hydrogen) atoms. The number of halogens is 6. The number of sulfone groups is 2. The molecule has 3 rings (SSSR count). The van der Waals surface area contributed by atoms with Crippen molar-refractivity contribution in [3.05, 3.63) is 4.58 Å². The Bertz CT molecular complexity index is 942. The highest BCUT2D eigenvalue weighted by Crippen LogP contribution is 2.57. The highest BCUT2D eigenvalue weighted by molar-refractivity contribution is 8.13. The Kier molecular flexibility index (Phi) is 5.60. The molecule has 16 heteroatoms.